The topological polar surface area (TPSA) is 97.4 Å². The lowest BCUT2D eigenvalue weighted by Crippen LogP contribution is -2.35. The number of sulfonamides is 1. The van der Waals surface area contributed by atoms with E-state index in [0.717, 1.165) is 50.5 Å². The molecule has 32 heavy (non-hydrogen) atoms. The Morgan fingerprint density at radius 3 is 2.59 bits per heavy atom. The van der Waals surface area contributed by atoms with Crippen LogP contribution in [0.25, 0.3) is 6.08 Å². The molecule has 1 aliphatic carbocycles. The van der Waals surface area contributed by atoms with E-state index >= 15 is 0 Å². The second-order valence-electron chi connectivity index (χ2n) is 8.52. The number of hydrogen-bond donors (Lipinski definition) is 2. The van der Waals surface area contributed by atoms with Gasteiger partial charge in [-0.25, -0.2) is 13.1 Å². The van der Waals surface area contributed by atoms with Gasteiger partial charge in [-0.05, 0) is 56.2 Å². The van der Waals surface area contributed by atoms with E-state index in [-0.39, 0.29) is 5.91 Å². The summed E-state index contributed by atoms with van der Waals surface area (Å²) in [7, 11) is -3.43. The highest BCUT2D eigenvalue weighted by Crippen LogP contribution is 2.24. The van der Waals surface area contributed by atoms with Gasteiger partial charge in [-0.3, -0.25) is 9.78 Å². The van der Waals surface area contributed by atoms with Crippen molar-refractivity contribution in [2.45, 2.75) is 76.6 Å². The van der Waals surface area contributed by atoms with Crippen molar-refractivity contribution in [3.63, 3.8) is 0 Å². The number of pyridine rings is 1. The van der Waals surface area contributed by atoms with Gasteiger partial charge in [0.1, 0.15) is 0 Å². The van der Waals surface area contributed by atoms with Crippen LogP contribution in [-0.4, -0.2) is 44.4 Å². The number of rotatable bonds is 15. The van der Waals surface area contributed by atoms with Gasteiger partial charge in [0.05, 0.1) is 6.61 Å². The monoisotopic (exact) mass is 465 g/mol. The second kappa shape index (κ2) is 15.1. The normalized spacial score (nSPS) is 16.3. The highest BCUT2D eigenvalue weighted by Gasteiger charge is 2.22. The van der Waals surface area contributed by atoms with E-state index in [9.17, 15) is 13.2 Å². The van der Waals surface area contributed by atoms with Crippen LogP contribution in [0, 0.1) is 5.92 Å². The number of nitrogens with zero attached hydrogens (tertiary/aromatic N) is 1. The van der Waals surface area contributed by atoms with Crippen molar-refractivity contribution in [3.05, 3.63) is 36.2 Å². The standard InChI is InChI=1S/C24H39N3O4S/c1-21(31-20-23-11-6-5-7-12-23)32(29,30)27-18-9-4-2-3-8-17-26-24(28)15-14-22-13-10-16-25-19-22/h10,13-16,19,21,23,27H,2-9,11-12,17-18,20H2,1H3,(H,26,28)/b15-14+. The average Bonchev–Trinajstić information content (AvgIpc) is 2.81. The van der Waals surface area contributed by atoms with Crippen molar-refractivity contribution >= 4 is 22.0 Å². The molecular formula is C24H39N3O4S. The molecule has 2 N–H and O–H groups in total. The minimum atomic E-state index is -3.43. The van der Waals surface area contributed by atoms with Crippen molar-refractivity contribution in [1.82, 2.24) is 15.0 Å². The fourth-order valence-corrected chi connectivity index (χ4v) is 4.67. The summed E-state index contributed by atoms with van der Waals surface area (Å²) in [6.07, 6.45) is 17.4. The first kappa shape index (κ1) is 26.5. The zero-order valence-electron chi connectivity index (χ0n) is 19.3. The van der Waals surface area contributed by atoms with Gasteiger partial charge in [0.15, 0.2) is 5.44 Å². The molecule has 0 radical (unpaired) electrons. The summed E-state index contributed by atoms with van der Waals surface area (Å²) >= 11 is 0. The third-order valence-corrected chi connectivity index (χ3v) is 7.41. The van der Waals surface area contributed by atoms with Crippen molar-refractivity contribution in [3.8, 4) is 0 Å². The fraction of sp³-hybridized carbons (Fsp3) is 0.667. The lowest BCUT2D eigenvalue weighted by molar-refractivity contribution is -0.116. The van der Waals surface area contributed by atoms with Crippen LogP contribution >= 0.6 is 0 Å². The molecular weight excluding hydrogens is 426 g/mol. The van der Waals surface area contributed by atoms with Crippen LogP contribution in [0.3, 0.4) is 0 Å². The Morgan fingerprint density at radius 1 is 1.16 bits per heavy atom. The number of carbonyl (C=O) groups is 1. The summed E-state index contributed by atoms with van der Waals surface area (Å²) in [6, 6.07) is 3.72. The third kappa shape index (κ3) is 11.2. The number of aromatic nitrogens is 1. The van der Waals surface area contributed by atoms with Gasteiger partial charge in [0.25, 0.3) is 0 Å². The molecule has 1 amide bonds. The lowest BCUT2D eigenvalue weighted by atomic mass is 9.90. The van der Waals surface area contributed by atoms with Crippen molar-refractivity contribution in [1.29, 1.82) is 0 Å². The van der Waals surface area contributed by atoms with Crippen LogP contribution in [0.2, 0.25) is 0 Å². The molecule has 0 spiro atoms. The van der Waals surface area contributed by atoms with Gasteiger partial charge < -0.3 is 10.1 Å². The summed E-state index contributed by atoms with van der Waals surface area (Å²) in [5, 5.41) is 2.87. The molecule has 0 aromatic carbocycles. The minimum absolute atomic E-state index is 0.108. The highest BCUT2D eigenvalue weighted by molar-refractivity contribution is 7.89. The number of nitrogens with one attached hydrogen (secondary N) is 2. The molecule has 1 heterocycles. The predicted octanol–water partition coefficient (Wildman–Crippen LogP) is 4.02. The number of hydrogen-bond acceptors (Lipinski definition) is 5. The zero-order chi connectivity index (χ0) is 23.1. The summed E-state index contributed by atoms with van der Waals surface area (Å²) in [5.41, 5.74) is 0.0868. The van der Waals surface area contributed by atoms with Gasteiger partial charge in [-0.15, -0.1) is 0 Å². The van der Waals surface area contributed by atoms with E-state index in [0.29, 0.717) is 25.6 Å². The SMILES string of the molecule is CC(OCC1CCCCC1)S(=O)(=O)NCCCCCCCNC(=O)/C=C/c1cccnc1. The molecule has 1 atom stereocenters. The van der Waals surface area contributed by atoms with Crippen molar-refractivity contribution in [2.75, 3.05) is 19.7 Å². The number of unbranched alkanes of at least 4 members (excludes halogenated alkanes) is 4. The van der Waals surface area contributed by atoms with Gasteiger partial charge in [-0.1, -0.05) is 44.6 Å². The Hall–Kier alpha value is -1.77. The maximum Gasteiger partial charge on any atom is 0.243 e. The Morgan fingerprint density at radius 2 is 1.88 bits per heavy atom. The average molecular weight is 466 g/mol. The summed E-state index contributed by atoms with van der Waals surface area (Å²) in [5.74, 6) is 0.395. The Labute approximate surface area is 193 Å². The summed E-state index contributed by atoms with van der Waals surface area (Å²) < 4.78 is 32.9. The highest BCUT2D eigenvalue weighted by atomic mass is 32.2. The van der Waals surface area contributed by atoms with Gasteiger partial charge >= 0.3 is 0 Å². The summed E-state index contributed by atoms with van der Waals surface area (Å²) in [6.45, 7) is 3.23. The van der Waals surface area contributed by atoms with Crippen molar-refractivity contribution < 1.29 is 17.9 Å². The Bertz CT molecular complexity index is 778. The number of ether oxygens (including phenoxy) is 1. The van der Waals surface area contributed by atoms with Gasteiger partial charge in [0.2, 0.25) is 15.9 Å². The van der Waals surface area contributed by atoms with E-state index < -0.39 is 15.5 Å². The van der Waals surface area contributed by atoms with Crippen LogP contribution in [-0.2, 0) is 19.6 Å². The number of carbonyl (C=O) groups excluding carboxylic acids is 1. The predicted molar refractivity (Wildman–Crippen MR) is 128 cm³/mol. The Kier molecular flexibility index (Phi) is 12.5. The quantitative estimate of drug-likeness (QED) is 0.301. The molecule has 1 saturated carbocycles. The van der Waals surface area contributed by atoms with E-state index in [1.165, 1.54) is 25.3 Å². The zero-order valence-corrected chi connectivity index (χ0v) is 20.1. The maximum absolute atomic E-state index is 12.3. The molecule has 8 heteroatoms. The van der Waals surface area contributed by atoms with Crippen LogP contribution in [0.1, 0.15) is 76.7 Å². The van der Waals surface area contributed by atoms with Gasteiger partial charge in [-0.2, -0.15) is 0 Å². The maximum atomic E-state index is 12.3. The molecule has 0 bridgehead atoms. The van der Waals surface area contributed by atoms with E-state index in [4.69, 9.17) is 4.74 Å². The van der Waals surface area contributed by atoms with Crippen LogP contribution in [0.15, 0.2) is 30.6 Å². The van der Waals surface area contributed by atoms with Crippen LogP contribution < -0.4 is 10.0 Å². The molecule has 0 aliphatic heterocycles. The molecule has 1 aliphatic rings. The van der Waals surface area contributed by atoms with Crippen LogP contribution in [0.4, 0.5) is 0 Å². The molecule has 7 nitrogen and oxygen atoms in total. The third-order valence-electron chi connectivity index (χ3n) is 5.80. The van der Waals surface area contributed by atoms with E-state index in [2.05, 4.69) is 15.0 Å². The van der Waals surface area contributed by atoms with E-state index in [1.807, 2.05) is 12.1 Å². The molecule has 180 valence electrons. The molecule has 2 rings (SSSR count). The molecule has 1 unspecified atom stereocenters. The van der Waals surface area contributed by atoms with Gasteiger partial charge in [0, 0.05) is 31.6 Å². The number of amides is 1. The molecule has 1 aromatic rings. The van der Waals surface area contributed by atoms with Crippen LogP contribution in [0.5, 0.6) is 0 Å². The molecule has 1 fully saturated rings. The Balaban J connectivity index is 1.45. The smallest absolute Gasteiger partial charge is 0.243 e. The molecule has 1 aromatic heterocycles. The van der Waals surface area contributed by atoms with Crippen molar-refractivity contribution in [2.24, 2.45) is 5.92 Å². The van der Waals surface area contributed by atoms with E-state index in [1.54, 1.807) is 25.4 Å². The second-order valence-corrected chi connectivity index (χ2v) is 10.6. The first-order valence-corrected chi connectivity index (χ1v) is 13.5. The summed E-state index contributed by atoms with van der Waals surface area (Å²) in [4.78, 5) is 15.8. The fourth-order valence-electron chi connectivity index (χ4n) is 3.74. The first-order chi connectivity index (χ1) is 15.5. The first-order valence-electron chi connectivity index (χ1n) is 11.9. The minimum Gasteiger partial charge on any atom is -0.361 e. The lowest BCUT2D eigenvalue weighted by Gasteiger charge is -2.23. The largest absolute Gasteiger partial charge is 0.361 e. The molecule has 0 saturated heterocycles.